The Kier molecular flexibility index (Phi) is 4.07. The van der Waals surface area contributed by atoms with Gasteiger partial charge in [-0.25, -0.2) is 4.79 Å². The number of imidazole rings is 1. The van der Waals surface area contributed by atoms with Crippen molar-refractivity contribution in [2.75, 3.05) is 24.5 Å². The molecule has 138 valence electrons. The minimum absolute atomic E-state index is 0.236. The highest BCUT2D eigenvalue weighted by Crippen LogP contribution is 2.26. The molecule has 0 aliphatic carbocycles. The number of anilines is 1. The fourth-order valence-corrected chi connectivity index (χ4v) is 3.95. The van der Waals surface area contributed by atoms with Crippen LogP contribution in [0.15, 0.2) is 23.0 Å². The summed E-state index contributed by atoms with van der Waals surface area (Å²) < 4.78 is 3.09. The van der Waals surface area contributed by atoms with Gasteiger partial charge >= 0.3 is 5.69 Å². The number of carbonyl (C=O) groups is 2. The number of imide groups is 1. The second-order valence-corrected chi connectivity index (χ2v) is 7.15. The predicted octanol–water partition coefficient (Wildman–Crippen LogP) is 0.116. The molecule has 8 heteroatoms. The number of benzene rings is 1. The summed E-state index contributed by atoms with van der Waals surface area (Å²) in [6.07, 6.45) is 0.594. The number of aryl methyl sites for hydroxylation is 1. The summed E-state index contributed by atoms with van der Waals surface area (Å²) in [6.45, 7) is 4.90. The molecule has 2 atom stereocenters. The molecule has 2 aliphatic rings. The van der Waals surface area contributed by atoms with Crippen LogP contribution in [0.3, 0.4) is 0 Å². The lowest BCUT2D eigenvalue weighted by atomic mass is 10.1. The number of hydrogen-bond acceptors (Lipinski definition) is 5. The Labute approximate surface area is 150 Å². The Morgan fingerprint density at radius 3 is 2.69 bits per heavy atom. The van der Waals surface area contributed by atoms with E-state index in [4.69, 9.17) is 0 Å². The molecule has 1 aromatic carbocycles. The van der Waals surface area contributed by atoms with E-state index in [2.05, 4.69) is 22.5 Å². The second kappa shape index (κ2) is 6.28. The highest BCUT2D eigenvalue weighted by Gasteiger charge is 2.31. The van der Waals surface area contributed by atoms with Crippen molar-refractivity contribution >= 4 is 28.5 Å². The van der Waals surface area contributed by atoms with E-state index in [-0.39, 0.29) is 18.0 Å². The summed E-state index contributed by atoms with van der Waals surface area (Å²) in [5, 5.41) is 5.76. The maximum Gasteiger partial charge on any atom is 0.329 e. The third kappa shape index (κ3) is 2.70. The van der Waals surface area contributed by atoms with Crippen molar-refractivity contribution in [1.82, 2.24) is 19.8 Å². The predicted molar refractivity (Wildman–Crippen MR) is 98.3 cm³/mol. The molecular weight excluding hydrogens is 334 g/mol. The summed E-state index contributed by atoms with van der Waals surface area (Å²) in [5.41, 5.74) is 2.35. The summed E-state index contributed by atoms with van der Waals surface area (Å²) in [4.78, 5) is 38.8. The highest BCUT2D eigenvalue weighted by atomic mass is 16.2. The number of nitrogens with zero attached hydrogens (tertiary/aromatic N) is 3. The van der Waals surface area contributed by atoms with Crippen LogP contribution in [0.1, 0.15) is 25.8 Å². The van der Waals surface area contributed by atoms with Gasteiger partial charge in [0.1, 0.15) is 6.04 Å². The topological polar surface area (TPSA) is 88.4 Å². The van der Waals surface area contributed by atoms with E-state index in [9.17, 15) is 14.4 Å². The number of piperidine rings is 1. The summed E-state index contributed by atoms with van der Waals surface area (Å²) in [6, 6.07) is 5.69. The van der Waals surface area contributed by atoms with Crippen molar-refractivity contribution in [3.8, 4) is 0 Å². The number of amides is 2. The van der Waals surface area contributed by atoms with Crippen LogP contribution in [0.2, 0.25) is 0 Å². The Balaban J connectivity index is 1.76. The zero-order valence-electron chi connectivity index (χ0n) is 15.0. The highest BCUT2D eigenvalue weighted by molar-refractivity contribution is 6.00. The lowest BCUT2D eigenvalue weighted by molar-refractivity contribution is -0.135. The Hall–Kier alpha value is -2.61. The molecule has 2 aliphatic heterocycles. The molecule has 1 aromatic heterocycles. The van der Waals surface area contributed by atoms with Crippen LogP contribution < -0.4 is 21.2 Å². The number of fused-ring (bicyclic) bond motifs is 1. The van der Waals surface area contributed by atoms with Crippen molar-refractivity contribution in [2.24, 2.45) is 7.05 Å². The van der Waals surface area contributed by atoms with Crippen LogP contribution in [-0.4, -0.2) is 46.6 Å². The molecule has 26 heavy (non-hydrogen) atoms. The summed E-state index contributed by atoms with van der Waals surface area (Å²) in [7, 11) is 1.72. The van der Waals surface area contributed by atoms with Gasteiger partial charge in [-0.15, -0.1) is 0 Å². The van der Waals surface area contributed by atoms with Crippen LogP contribution in [0.4, 0.5) is 5.69 Å². The molecule has 1 unspecified atom stereocenters. The van der Waals surface area contributed by atoms with Gasteiger partial charge in [0.15, 0.2) is 0 Å². The van der Waals surface area contributed by atoms with Gasteiger partial charge in [-0.2, -0.15) is 0 Å². The lowest BCUT2D eigenvalue weighted by Gasteiger charge is -2.33. The van der Waals surface area contributed by atoms with Crippen molar-refractivity contribution in [2.45, 2.75) is 31.8 Å². The van der Waals surface area contributed by atoms with E-state index in [0.717, 1.165) is 36.4 Å². The monoisotopic (exact) mass is 357 g/mol. The summed E-state index contributed by atoms with van der Waals surface area (Å²) >= 11 is 0. The SMILES string of the molecule is C[C@@H]1CN(c2ccc3c(c2)n(C)c(=O)n3C2CCC(=O)NC2=O)CCN1. The Morgan fingerprint density at radius 2 is 1.96 bits per heavy atom. The number of piperazine rings is 1. The van der Waals surface area contributed by atoms with Gasteiger partial charge < -0.3 is 10.2 Å². The summed E-state index contributed by atoms with van der Waals surface area (Å²) in [5.74, 6) is -0.689. The number of aromatic nitrogens is 2. The average molecular weight is 357 g/mol. The zero-order valence-corrected chi connectivity index (χ0v) is 15.0. The fraction of sp³-hybridized carbons (Fsp3) is 0.500. The maximum absolute atomic E-state index is 12.8. The average Bonchev–Trinajstić information content (AvgIpc) is 2.86. The van der Waals surface area contributed by atoms with Gasteiger partial charge in [0.05, 0.1) is 11.0 Å². The molecule has 2 N–H and O–H groups in total. The third-order valence-electron chi connectivity index (χ3n) is 5.33. The Bertz CT molecular complexity index is 944. The molecule has 2 amide bonds. The molecule has 2 saturated heterocycles. The van der Waals surface area contributed by atoms with Gasteiger partial charge in [0, 0.05) is 44.8 Å². The number of hydrogen-bond donors (Lipinski definition) is 2. The van der Waals surface area contributed by atoms with E-state index >= 15 is 0 Å². The van der Waals surface area contributed by atoms with Gasteiger partial charge in [-0.05, 0) is 31.5 Å². The molecule has 0 radical (unpaired) electrons. The molecule has 4 rings (SSSR count). The molecule has 2 fully saturated rings. The van der Waals surface area contributed by atoms with Crippen LogP contribution in [-0.2, 0) is 16.6 Å². The van der Waals surface area contributed by atoms with Crippen LogP contribution in [0, 0.1) is 0 Å². The Morgan fingerprint density at radius 1 is 1.15 bits per heavy atom. The van der Waals surface area contributed by atoms with E-state index in [1.165, 1.54) is 4.57 Å². The normalized spacial score (nSPS) is 24.2. The third-order valence-corrected chi connectivity index (χ3v) is 5.33. The van der Waals surface area contributed by atoms with E-state index in [1.54, 1.807) is 11.6 Å². The molecule has 8 nitrogen and oxygen atoms in total. The fourth-order valence-electron chi connectivity index (χ4n) is 3.95. The first kappa shape index (κ1) is 16.8. The van der Waals surface area contributed by atoms with Crippen LogP contribution >= 0.6 is 0 Å². The van der Waals surface area contributed by atoms with Gasteiger partial charge in [-0.1, -0.05) is 0 Å². The molecule has 0 bridgehead atoms. The van der Waals surface area contributed by atoms with Gasteiger partial charge in [0.25, 0.3) is 0 Å². The van der Waals surface area contributed by atoms with Crippen LogP contribution in [0.25, 0.3) is 11.0 Å². The lowest BCUT2D eigenvalue weighted by Crippen LogP contribution is -2.49. The van der Waals surface area contributed by atoms with E-state index < -0.39 is 11.9 Å². The first-order chi connectivity index (χ1) is 12.5. The zero-order chi connectivity index (χ0) is 18.4. The van der Waals surface area contributed by atoms with E-state index in [1.807, 2.05) is 18.2 Å². The molecule has 0 spiro atoms. The smallest absolute Gasteiger partial charge is 0.329 e. The van der Waals surface area contributed by atoms with Crippen molar-refractivity contribution in [3.05, 3.63) is 28.7 Å². The molecule has 0 saturated carbocycles. The quantitative estimate of drug-likeness (QED) is 0.745. The molecular formula is C18H23N5O3. The first-order valence-electron chi connectivity index (χ1n) is 8.98. The standard InChI is InChI=1S/C18H23N5O3/c1-11-10-22(8-7-19-11)12-3-4-13-15(9-12)21(2)18(26)23(13)14-5-6-16(24)20-17(14)25/h3-4,9,11,14,19H,5-8,10H2,1-2H3,(H,20,24,25)/t11-,14?/m1/s1. The number of nitrogens with one attached hydrogen (secondary N) is 2. The second-order valence-electron chi connectivity index (χ2n) is 7.15. The number of rotatable bonds is 2. The largest absolute Gasteiger partial charge is 0.369 e. The van der Waals surface area contributed by atoms with Gasteiger partial charge in [-0.3, -0.25) is 24.0 Å². The molecule has 2 aromatic rings. The van der Waals surface area contributed by atoms with Crippen LogP contribution in [0.5, 0.6) is 0 Å². The first-order valence-corrected chi connectivity index (χ1v) is 8.98. The van der Waals surface area contributed by atoms with Gasteiger partial charge in [0.2, 0.25) is 11.8 Å². The maximum atomic E-state index is 12.8. The number of carbonyl (C=O) groups excluding carboxylic acids is 2. The van der Waals surface area contributed by atoms with Crippen molar-refractivity contribution in [1.29, 1.82) is 0 Å². The van der Waals surface area contributed by atoms with Crippen molar-refractivity contribution in [3.63, 3.8) is 0 Å². The van der Waals surface area contributed by atoms with E-state index in [0.29, 0.717) is 12.5 Å². The minimum Gasteiger partial charge on any atom is -0.369 e. The van der Waals surface area contributed by atoms with Crippen molar-refractivity contribution < 1.29 is 9.59 Å². The molecule has 3 heterocycles. The minimum atomic E-state index is -0.644.